The molecule has 226 valence electrons. The number of benzene rings is 7. The molecule has 0 aliphatic carbocycles. The van der Waals surface area contributed by atoms with Crippen molar-refractivity contribution in [2.75, 3.05) is 10.6 Å². The summed E-state index contributed by atoms with van der Waals surface area (Å²) < 4.78 is 5.02. The fourth-order valence-electron chi connectivity index (χ4n) is 8.43. The van der Waals surface area contributed by atoms with E-state index in [4.69, 9.17) is 0 Å². The lowest BCUT2D eigenvalue weighted by molar-refractivity contribution is 0.540. The van der Waals surface area contributed by atoms with Crippen molar-refractivity contribution < 1.29 is 0 Å². The second-order valence-electron chi connectivity index (χ2n) is 13.1. The zero-order chi connectivity index (χ0) is 31.3. The predicted octanol–water partition coefficient (Wildman–Crippen LogP) is 11.3. The number of aromatic nitrogens is 2. The number of nitrogens with one attached hydrogen (secondary N) is 2. The molecule has 2 N–H and O–H groups in total. The molecule has 0 bridgehead atoms. The minimum absolute atomic E-state index is 0.0825. The van der Waals surface area contributed by atoms with Crippen LogP contribution in [0.4, 0.5) is 11.4 Å². The summed E-state index contributed by atoms with van der Waals surface area (Å²) in [6.45, 7) is 0. The molecule has 2 aliphatic rings. The second-order valence-corrected chi connectivity index (χ2v) is 13.1. The van der Waals surface area contributed by atoms with E-state index >= 15 is 0 Å². The molecule has 0 saturated carbocycles. The summed E-state index contributed by atoms with van der Waals surface area (Å²) in [5.74, 6) is 0. The number of rotatable bonds is 3. The van der Waals surface area contributed by atoms with Crippen LogP contribution in [-0.2, 0) is 0 Å². The van der Waals surface area contributed by atoms with Gasteiger partial charge in [0.2, 0.25) is 0 Å². The molecule has 11 rings (SSSR count). The van der Waals surface area contributed by atoms with Crippen LogP contribution >= 0.6 is 0 Å². The maximum Gasteiger partial charge on any atom is 0.129 e. The SMILES string of the molecule is c1ccc(-c2cc(-c3ccccc3)cc(-n3c4ccccc4c4cc5c(cc43)c3cccc4c3n5C3Nc5ccccc5NC43)c2)cc1. The van der Waals surface area contributed by atoms with Gasteiger partial charge in [-0.3, -0.25) is 0 Å². The van der Waals surface area contributed by atoms with E-state index in [1.807, 2.05) is 0 Å². The Morgan fingerprint density at radius 2 is 1.02 bits per heavy atom. The molecule has 48 heavy (non-hydrogen) atoms. The van der Waals surface area contributed by atoms with Crippen LogP contribution in [0.2, 0.25) is 0 Å². The third kappa shape index (κ3) is 3.54. The van der Waals surface area contributed by atoms with Gasteiger partial charge >= 0.3 is 0 Å². The minimum Gasteiger partial charge on any atom is -0.373 e. The number of anilines is 2. The van der Waals surface area contributed by atoms with E-state index < -0.39 is 0 Å². The van der Waals surface area contributed by atoms with Crippen LogP contribution in [0.15, 0.2) is 158 Å². The van der Waals surface area contributed by atoms with E-state index in [1.165, 1.54) is 71.4 Å². The monoisotopic (exact) mass is 614 g/mol. The zero-order valence-electron chi connectivity index (χ0n) is 26.1. The van der Waals surface area contributed by atoms with Crippen LogP contribution in [0.25, 0.3) is 71.6 Å². The number of para-hydroxylation sites is 4. The normalized spacial score (nSPS) is 16.2. The number of fused-ring (bicyclic) bond motifs is 10. The van der Waals surface area contributed by atoms with E-state index in [0.29, 0.717) is 0 Å². The zero-order valence-corrected chi connectivity index (χ0v) is 26.1. The first-order valence-electron chi connectivity index (χ1n) is 16.7. The molecule has 4 heteroatoms. The molecule has 0 radical (unpaired) electrons. The maximum absolute atomic E-state index is 3.90. The lowest BCUT2D eigenvalue weighted by Crippen LogP contribution is -2.29. The Bertz CT molecular complexity index is 2680. The highest BCUT2D eigenvalue weighted by molar-refractivity contribution is 6.19. The van der Waals surface area contributed by atoms with Crippen molar-refractivity contribution in [3.8, 4) is 27.9 Å². The molecule has 2 aliphatic heterocycles. The summed E-state index contributed by atoms with van der Waals surface area (Å²) in [6.07, 6.45) is 0.0825. The molecule has 2 unspecified atom stereocenters. The highest BCUT2D eigenvalue weighted by Crippen LogP contribution is 2.51. The van der Waals surface area contributed by atoms with Gasteiger partial charge in [-0.1, -0.05) is 109 Å². The quantitative estimate of drug-likeness (QED) is 0.208. The Morgan fingerprint density at radius 1 is 0.417 bits per heavy atom. The van der Waals surface area contributed by atoms with Crippen molar-refractivity contribution in [1.82, 2.24) is 9.13 Å². The van der Waals surface area contributed by atoms with Crippen molar-refractivity contribution >= 4 is 55.0 Å². The second kappa shape index (κ2) is 9.63. The summed E-state index contributed by atoms with van der Waals surface area (Å²) in [5, 5.41) is 12.9. The summed E-state index contributed by atoms with van der Waals surface area (Å²) in [6, 6.07) is 57.7. The Morgan fingerprint density at radius 3 is 1.77 bits per heavy atom. The van der Waals surface area contributed by atoms with Crippen molar-refractivity contribution in [3.05, 3.63) is 163 Å². The standard InChI is InChI=1S/C44H30N4/c1-3-12-27(13-4-1)29-22-30(28-14-5-2-6-15-28)24-31(23-29)47-39-21-10-7-16-32(39)35-25-41-36(26-40(35)47)33-17-11-18-34-42-44(48(41)43(33)34)46-38-20-9-8-19-37(38)45-42/h1-26,42,44-46H. The van der Waals surface area contributed by atoms with Crippen LogP contribution < -0.4 is 10.6 Å². The number of hydrogen-bond acceptors (Lipinski definition) is 2. The maximum atomic E-state index is 3.90. The van der Waals surface area contributed by atoms with Crippen LogP contribution in [0.1, 0.15) is 17.8 Å². The molecule has 0 fully saturated rings. The highest BCUT2D eigenvalue weighted by atomic mass is 15.3. The molecule has 2 aromatic heterocycles. The van der Waals surface area contributed by atoms with Gasteiger partial charge in [-0.15, -0.1) is 0 Å². The molecule has 9 aromatic rings. The number of nitrogens with zero attached hydrogens (tertiary/aromatic N) is 2. The van der Waals surface area contributed by atoms with E-state index in [0.717, 1.165) is 17.1 Å². The minimum atomic E-state index is 0.0825. The Kier molecular flexibility index (Phi) is 5.19. The first-order valence-corrected chi connectivity index (χ1v) is 16.7. The Labute approximate surface area is 277 Å². The summed E-state index contributed by atoms with van der Waals surface area (Å²) >= 11 is 0. The smallest absolute Gasteiger partial charge is 0.129 e. The molecule has 0 amide bonds. The average molecular weight is 615 g/mol. The molecule has 4 nitrogen and oxygen atoms in total. The predicted molar refractivity (Wildman–Crippen MR) is 200 cm³/mol. The van der Waals surface area contributed by atoms with Crippen molar-refractivity contribution in [1.29, 1.82) is 0 Å². The van der Waals surface area contributed by atoms with Crippen molar-refractivity contribution in [2.45, 2.75) is 12.2 Å². The van der Waals surface area contributed by atoms with Gasteiger partial charge in [0.05, 0.1) is 39.5 Å². The van der Waals surface area contributed by atoms with Gasteiger partial charge in [0, 0.05) is 32.8 Å². The molecular weight excluding hydrogens is 585 g/mol. The molecule has 7 aromatic carbocycles. The van der Waals surface area contributed by atoms with Crippen molar-refractivity contribution in [3.63, 3.8) is 0 Å². The fraction of sp³-hybridized carbons (Fsp3) is 0.0455. The van der Waals surface area contributed by atoms with Crippen LogP contribution in [0.3, 0.4) is 0 Å². The fourth-order valence-corrected chi connectivity index (χ4v) is 8.43. The summed E-state index contributed by atoms with van der Waals surface area (Å²) in [4.78, 5) is 0. The third-order valence-corrected chi connectivity index (χ3v) is 10.5. The van der Waals surface area contributed by atoms with Crippen LogP contribution in [0.5, 0.6) is 0 Å². The largest absolute Gasteiger partial charge is 0.373 e. The van der Waals surface area contributed by atoms with Gasteiger partial charge in [0.15, 0.2) is 0 Å². The first-order chi connectivity index (χ1) is 23.8. The molecular formula is C44H30N4. The average Bonchev–Trinajstić information content (AvgIpc) is 3.78. The Hall–Kier alpha value is -6.26. The summed E-state index contributed by atoms with van der Waals surface area (Å²) in [7, 11) is 0. The number of hydrogen-bond donors (Lipinski definition) is 2. The lowest BCUT2D eigenvalue weighted by atomic mass is 9.98. The van der Waals surface area contributed by atoms with E-state index in [2.05, 4.69) is 177 Å². The molecule has 2 atom stereocenters. The van der Waals surface area contributed by atoms with Gasteiger partial charge in [-0.2, -0.15) is 0 Å². The van der Waals surface area contributed by atoms with E-state index in [-0.39, 0.29) is 12.2 Å². The first kappa shape index (κ1) is 25.9. The third-order valence-electron chi connectivity index (χ3n) is 10.5. The Balaban J connectivity index is 1.20. The summed E-state index contributed by atoms with van der Waals surface area (Å²) in [5.41, 5.74) is 14.6. The van der Waals surface area contributed by atoms with Gasteiger partial charge in [0.25, 0.3) is 0 Å². The van der Waals surface area contributed by atoms with Gasteiger partial charge in [-0.25, -0.2) is 0 Å². The van der Waals surface area contributed by atoms with Gasteiger partial charge < -0.3 is 19.8 Å². The molecule has 0 saturated heterocycles. The van der Waals surface area contributed by atoms with E-state index in [1.54, 1.807) is 0 Å². The van der Waals surface area contributed by atoms with Crippen molar-refractivity contribution in [2.24, 2.45) is 0 Å². The van der Waals surface area contributed by atoms with Gasteiger partial charge in [0.1, 0.15) is 6.17 Å². The molecule has 0 spiro atoms. The van der Waals surface area contributed by atoms with E-state index in [9.17, 15) is 0 Å². The van der Waals surface area contributed by atoms with Crippen LogP contribution in [-0.4, -0.2) is 9.13 Å². The topological polar surface area (TPSA) is 33.9 Å². The lowest BCUT2D eigenvalue weighted by Gasteiger charge is -2.33. The highest BCUT2D eigenvalue weighted by Gasteiger charge is 2.39. The molecule has 4 heterocycles. The van der Waals surface area contributed by atoms with Crippen LogP contribution in [0, 0.1) is 0 Å². The van der Waals surface area contributed by atoms with Gasteiger partial charge in [-0.05, 0) is 70.8 Å².